The van der Waals surface area contributed by atoms with Crippen LogP contribution in [0.15, 0.2) is 39.1 Å². The maximum atomic E-state index is 12.9. The van der Waals surface area contributed by atoms with Crippen LogP contribution in [0.4, 0.5) is 5.69 Å². The topological polar surface area (TPSA) is 140 Å². The minimum absolute atomic E-state index is 0.00559. The molecule has 24 heavy (non-hydrogen) atoms. The van der Waals surface area contributed by atoms with Gasteiger partial charge in [-0.15, -0.1) is 0 Å². The molecule has 9 heteroatoms. The largest absolute Gasteiger partial charge is 0.370 e. The highest BCUT2D eigenvalue weighted by Gasteiger charge is 2.35. The minimum atomic E-state index is -3.54. The number of nitrogens with two attached hydrogens (primary N) is 3. The average Bonchev–Trinajstić information content (AvgIpc) is 2.46. The van der Waals surface area contributed by atoms with E-state index < -0.39 is 10.0 Å². The first-order valence-electron chi connectivity index (χ1n) is 7.79. The summed E-state index contributed by atoms with van der Waals surface area (Å²) < 4.78 is 27.4. The van der Waals surface area contributed by atoms with Crippen molar-refractivity contribution in [3.05, 3.63) is 24.3 Å². The van der Waals surface area contributed by atoms with E-state index in [1.165, 1.54) is 12.1 Å². The van der Waals surface area contributed by atoms with Gasteiger partial charge in [-0.2, -0.15) is 9.30 Å². The van der Waals surface area contributed by atoms with E-state index in [-0.39, 0.29) is 28.9 Å². The Labute approximate surface area is 142 Å². The molecule has 2 atom stereocenters. The molecule has 0 bridgehead atoms. The fourth-order valence-corrected chi connectivity index (χ4v) is 4.86. The Morgan fingerprint density at radius 2 is 1.62 bits per heavy atom. The Morgan fingerprint density at radius 3 is 2.12 bits per heavy atom. The first kappa shape index (κ1) is 18.2. The number of benzene rings is 1. The normalized spacial score (nSPS) is 23.0. The third kappa shape index (κ3) is 4.04. The van der Waals surface area contributed by atoms with Crippen molar-refractivity contribution in [3.63, 3.8) is 0 Å². The second-order valence-corrected chi connectivity index (χ2v) is 7.81. The zero-order valence-electron chi connectivity index (χ0n) is 13.9. The molecule has 1 aliphatic heterocycles. The summed E-state index contributed by atoms with van der Waals surface area (Å²) in [6.45, 7) is 3.89. The van der Waals surface area contributed by atoms with Gasteiger partial charge in [0.25, 0.3) is 0 Å². The lowest BCUT2D eigenvalue weighted by Crippen LogP contribution is -2.47. The first-order valence-corrected chi connectivity index (χ1v) is 9.23. The lowest BCUT2D eigenvalue weighted by Gasteiger charge is -2.37. The Morgan fingerprint density at radius 1 is 1.08 bits per heavy atom. The summed E-state index contributed by atoms with van der Waals surface area (Å²) in [6, 6.07) is 6.17. The van der Waals surface area contributed by atoms with Gasteiger partial charge in [0.2, 0.25) is 16.0 Å². The highest BCUT2D eigenvalue weighted by atomic mass is 32.2. The highest BCUT2D eigenvalue weighted by molar-refractivity contribution is 7.89. The number of hydrogen-bond acceptors (Lipinski definition) is 3. The molecule has 8 nitrogen and oxygen atoms in total. The van der Waals surface area contributed by atoms with Crippen LogP contribution in [-0.4, -0.2) is 36.7 Å². The van der Waals surface area contributed by atoms with E-state index in [0.29, 0.717) is 5.69 Å². The maximum absolute atomic E-state index is 12.9. The molecular formula is C15H24N6O2S. The molecule has 0 saturated carbocycles. The lowest BCUT2D eigenvalue weighted by atomic mass is 10.0. The fraction of sp³-hybridized carbons (Fsp3) is 0.467. The molecule has 2 unspecified atom stereocenters. The van der Waals surface area contributed by atoms with E-state index in [9.17, 15) is 8.42 Å². The lowest BCUT2D eigenvalue weighted by molar-refractivity contribution is 0.204. The van der Waals surface area contributed by atoms with Gasteiger partial charge in [-0.3, -0.25) is 0 Å². The zero-order chi connectivity index (χ0) is 17.9. The van der Waals surface area contributed by atoms with E-state index in [4.69, 9.17) is 17.2 Å². The molecular weight excluding hydrogens is 328 g/mol. The predicted octanol–water partition coefficient (Wildman–Crippen LogP) is 0.858. The van der Waals surface area contributed by atoms with Crippen LogP contribution in [0.25, 0.3) is 0 Å². The van der Waals surface area contributed by atoms with Crippen LogP contribution in [0.5, 0.6) is 0 Å². The van der Waals surface area contributed by atoms with Crippen LogP contribution < -0.4 is 17.2 Å². The molecule has 0 radical (unpaired) electrons. The van der Waals surface area contributed by atoms with E-state index in [2.05, 4.69) is 9.98 Å². The predicted molar refractivity (Wildman–Crippen MR) is 95.3 cm³/mol. The molecule has 1 fully saturated rings. The number of aliphatic imine (C=N–C) groups is 2. The van der Waals surface area contributed by atoms with Crippen molar-refractivity contribution >= 4 is 27.6 Å². The Hall–Kier alpha value is -2.13. The molecule has 132 valence electrons. The second kappa shape index (κ2) is 7.18. The first-order chi connectivity index (χ1) is 11.2. The Bertz CT molecular complexity index is 728. The van der Waals surface area contributed by atoms with Crippen molar-refractivity contribution in [2.75, 3.05) is 0 Å². The van der Waals surface area contributed by atoms with Gasteiger partial charge in [0.05, 0.1) is 10.6 Å². The maximum Gasteiger partial charge on any atom is 0.243 e. The number of hydrogen-bond donors (Lipinski definition) is 3. The van der Waals surface area contributed by atoms with Crippen LogP contribution in [0, 0.1) is 0 Å². The summed E-state index contributed by atoms with van der Waals surface area (Å²) in [5.41, 5.74) is 16.5. The van der Waals surface area contributed by atoms with Gasteiger partial charge in [0.1, 0.15) is 0 Å². The van der Waals surface area contributed by atoms with Gasteiger partial charge in [0.15, 0.2) is 5.96 Å². The Balaban J connectivity index is 2.28. The third-order valence-corrected chi connectivity index (χ3v) is 6.15. The number of rotatable bonds is 3. The van der Waals surface area contributed by atoms with Crippen molar-refractivity contribution in [2.24, 2.45) is 27.2 Å². The van der Waals surface area contributed by atoms with E-state index in [1.54, 1.807) is 16.4 Å². The number of sulfonamides is 1. The van der Waals surface area contributed by atoms with Crippen molar-refractivity contribution < 1.29 is 8.42 Å². The zero-order valence-corrected chi connectivity index (χ0v) is 14.7. The van der Waals surface area contributed by atoms with E-state index in [1.807, 2.05) is 13.8 Å². The molecule has 1 heterocycles. The number of nitrogens with zero attached hydrogens (tertiary/aromatic N) is 3. The monoisotopic (exact) mass is 352 g/mol. The van der Waals surface area contributed by atoms with Crippen molar-refractivity contribution in [2.45, 2.75) is 50.1 Å². The summed E-state index contributed by atoms with van der Waals surface area (Å²) in [5.74, 6) is -0.285. The van der Waals surface area contributed by atoms with Gasteiger partial charge in [-0.05, 0) is 51.0 Å². The molecule has 0 amide bonds. The Kier molecular flexibility index (Phi) is 5.45. The molecule has 2 rings (SSSR count). The molecule has 6 N–H and O–H groups in total. The summed E-state index contributed by atoms with van der Waals surface area (Å²) in [4.78, 5) is 7.85. The molecule has 0 aliphatic carbocycles. The third-order valence-electron chi connectivity index (χ3n) is 4.01. The minimum Gasteiger partial charge on any atom is -0.370 e. The van der Waals surface area contributed by atoms with Crippen molar-refractivity contribution in [1.82, 2.24) is 4.31 Å². The van der Waals surface area contributed by atoms with E-state index in [0.717, 1.165) is 19.3 Å². The number of piperidine rings is 1. The SMILES string of the molecule is CC1CCCC(C)N1S(=O)(=O)c1ccc(N=C(N)N=C(N)N)cc1. The molecule has 1 aromatic carbocycles. The number of guanidine groups is 2. The van der Waals surface area contributed by atoms with Gasteiger partial charge >= 0.3 is 0 Å². The van der Waals surface area contributed by atoms with Gasteiger partial charge in [0, 0.05) is 12.1 Å². The van der Waals surface area contributed by atoms with Crippen LogP contribution in [0.1, 0.15) is 33.1 Å². The van der Waals surface area contributed by atoms with Crippen LogP contribution in [-0.2, 0) is 10.0 Å². The molecule has 1 aliphatic rings. The highest BCUT2D eigenvalue weighted by Crippen LogP contribution is 2.30. The molecule has 1 saturated heterocycles. The van der Waals surface area contributed by atoms with Crippen LogP contribution in [0.2, 0.25) is 0 Å². The van der Waals surface area contributed by atoms with E-state index >= 15 is 0 Å². The fourth-order valence-electron chi connectivity index (χ4n) is 2.98. The summed E-state index contributed by atoms with van der Waals surface area (Å²) in [7, 11) is -3.54. The van der Waals surface area contributed by atoms with Gasteiger partial charge in [-0.25, -0.2) is 13.4 Å². The quantitative estimate of drug-likeness (QED) is 0.546. The van der Waals surface area contributed by atoms with Crippen LogP contribution >= 0.6 is 0 Å². The van der Waals surface area contributed by atoms with Gasteiger partial charge < -0.3 is 17.2 Å². The van der Waals surface area contributed by atoms with Gasteiger partial charge in [-0.1, -0.05) is 6.42 Å². The van der Waals surface area contributed by atoms with Crippen molar-refractivity contribution in [3.8, 4) is 0 Å². The summed E-state index contributed by atoms with van der Waals surface area (Å²) >= 11 is 0. The van der Waals surface area contributed by atoms with Crippen LogP contribution in [0.3, 0.4) is 0 Å². The summed E-state index contributed by atoms with van der Waals surface area (Å²) in [5, 5.41) is 0. The second-order valence-electron chi connectivity index (χ2n) is 5.96. The molecule has 0 spiro atoms. The summed E-state index contributed by atoms with van der Waals surface area (Å²) in [6.07, 6.45) is 2.80. The van der Waals surface area contributed by atoms with Crippen molar-refractivity contribution in [1.29, 1.82) is 0 Å². The standard InChI is InChI=1S/C15H24N6O2S/c1-10-4-3-5-11(2)21(10)24(22,23)13-8-6-12(7-9-13)19-15(18)20-14(16)17/h6-11H,3-5H2,1-2H3,(H6,16,17,18,19,20). The smallest absolute Gasteiger partial charge is 0.243 e. The molecule has 1 aromatic rings. The molecule has 0 aromatic heterocycles. The average molecular weight is 352 g/mol.